The molecule has 0 saturated heterocycles. The van der Waals surface area contributed by atoms with Crippen LogP contribution in [0, 0.1) is 0 Å². The van der Waals surface area contributed by atoms with Crippen molar-refractivity contribution in [3.63, 3.8) is 0 Å². The predicted octanol–water partition coefficient (Wildman–Crippen LogP) is 1.61. The molecule has 0 bridgehead atoms. The van der Waals surface area contributed by atoms with Crippen molar-refractivity contribution in [2.45, 2.75) is 4.90 Å². The van der Waals surface area contributed by atoms with Crippen LogP contribution in [0.2, 0.25) is 0 Å². The van der Waals surface area contributed by atoms with Gasteiger partial charge >= 0.3 is 0 Å². The van der Waals surface area contributed by atoms with Gasteiger partial charge in [0.25, 0.3) is 0 Å². The summed E-state index contributed by atoms with van der Waals surface area (Å²) in [6.45, 7) is 3.23. The lowest BCUT2D eigenvalue weighted by molar-refractivity contribution is 0.414. The Morgan fingerprint density at radius 2 is 1.85 bits per heavy atom. The number of hydrogen-bond donors (Lipinski definition) is 0. The summed E-state index contributed by atoms with van der Waals surface area (Å²) >= 11 is 0. The van der Waals surface area contributed by atoms with Crippen molar-refractivity contribution in [3.05, 3.63) is 36.3 Å². The number of benzene rings is 1. The van der Waals surface area contributed by atoms with Crippen LogP contribution in [0.4, 0.5) is 0 Å². The second-order valence-corrected chi connectivity index (χ2v) is 4.28. The Morgan fingerprint density at radius 3 is 2.23 bits per heavy atom. The van der Waals surface area contributed by atoms with Crippen LogP contribution in [-0.2, 0) is 9.84 Å². The second-order valence-electron chi connectivity index (χ2n) is 2.39. The Labute approximate surface area is 77.6 Å². The van der Waals surface area contributed by atoms with Crippen LogP contribution in [-0.4, -0.2) is 15.5 Å². The quantitative estimate of drug-likeness (QED) is 0.741. The molecular weight excluding hydrogens is 188 g/mol. The summed E-state index contributed by atoms with van der Waals surface area (Å²) in [7, 11) is -1.79. The van der Waals surface area contributed by atoms with Crippen LogP contribution in [0.1, 0.15) is 0 Å². The zero-order chi connectivity index (χ0) is 9.90. The van der Waals surface area contributed by atoms with Crippen LogP contribution in [0.5, 0.6) is 5.75 Å². The summed E-state index contributed by atoms with van der Waals surface area (Å²) in [5.74, 6) is 0.628. The SMILES string of the molecule is C=CS(=O)(=O)c1ccc(OC)cc1. The molecule has 3 nitrogen and oxygen atoms in total. The van der Waals surface area contributed by atoms with E-state index < -0.39 is 9.84 Å². The van der Waals surface area contributed by atoms with Crippen molar-refractivity contribution in [2.75, 3.05) is 7.11 Å². The molecule has 1 aromatic carbocycles. The smallest absolute Gasteiger partial charge is 0.199 e. The van der Waals surface area contributed by atoms with Gasteiger partial charge in [-0.2, -0.15) is 0 Å². The highest BCUT2D eigenvalue weighted by Crippen LogP contribution is 2.16. The molecule has 0 spiro atoms. The van der Waals surface area contributed by atoms with E-state index in [1.54, 1.807) is 12.1 Å². The van der Waals surface area contributed by atoms with Gasteiger partial charge in [0.2, 0.25) is 0 Å². The first-order valence-corrected chi connectivity index (χ1v) is 5.16. The van der Waals surface area contributed by atoms with Crippen molar-refractivity contribution in [3.8, 4) is 5.75 Å². The molecule has 70 valence electrons. The first-order chi connectivity index (χ1) is 6.10. The Morgan fingerprint density at radius 1 is 1.31 bits per heavy atom. The van der Waals surface area contributed by atoms with Gasteiger partial charge in [-0.25, -0.2) is 8.42 Å². The number of ether oxygens (including phenoxy) is 1. The van der Waals surface area contributed by atoms with Crippen molar-refractivity contribution in [1.29, 1.82) is 0 Å². The molecule has 0 saturated carbocycles. The van der Waals surface area contributed by atoms with Crippen molar-refractivity contribution < 1.29 is 13.2 Å². The highest BCUT2D eigenvalue weighted by Gasteiger charge is 2.08. The fourth-order valence-electron chi connectivity index (χ4n) is 0.862. The van der Waals surface area contributed by atoms with Gasteiger partial charge in [-0.3, -0.25) is 0 Å². The van der Waals surface area contributed by atoms with Gasteiger partial charge in [-0.05, 0) is 24.3 Å². The molecule has 0 aromatic heterocycles. The Kier molecular flexibility index (Phi) is 2.72. The lowest BCUT2D eigenvalue weighted by Crippen LogP contribution is -1.95. The van der Waals surface area contributed by atoms with E-state index in [0.717, 1.165) is 5.41 Å². The first kappa shape index (κ1) is 9.80. The molecule has 0 radical (unpaired) electrons. The maximum atomic E-state index is 11.2. The van der Waals surface area contributed by atoms with Gasteiger partial charge in [0.15, 0.2) is 9.84 Å². The van der Waals surface area contributed by atoms with Gasteiger partial charge in [-0.15, -0.1) is 0 Å². The highest BCUT2D eigenvalue weighted by molar-refractivity contribution is 7.94. The van der Waals surface area contributed by atoms with E-state index in [4.69, 9.17) is 4.74 Å². The number of hydrogen-bond acceptors (Lipinski definition) is 3. The average Bonchev–Trinajstić information content (AvgIpc) is 2.18. The summed E-state index contributed by atoms with van der Waals surface area (Å²) < 4.78 is 27.4. The summed E-state index contributed by atoms with van der Waals surface area (Å²) in [6.07, 6.45) is 0. The van der Waals surface area contributed by atoms with E-state index in [1.165, 1.54) is 19.2 Å². The molecule has 1 rings (SSSR count). The monoisotopic (exact) mass is 198 g/mol. The summed E-state index contributed by atoms with van der Waals surface area (Å²) in [4.78, 5) is 0.225. The van der Waals surface area contributed by atoms with E-state index in [-0.39, 0.29) is 4.90 Å². The third kappa shape index (κ3) is 2.09. The van der Waals surface area contributed by atoms with Gasteiger partial charge in [0.05, 0.1) is 12.0 Å². The van der Waals surface area contributed by atoms with Crippen LogP contribution in [0.3, 0.4) is 0 Å². The van der Waals surface area contributed by atoms with E-state index in [1.807, 2.05) is 0 Å². The minimum absolute atomic E-state index is 0.225. The average molecular weight is 198 g/mol. The lowest BCUT2D eigenvalue weighted by Gasteiger charge is -2.00. The standard InChI is InChI=1S/C9H10O3S/c1-3-13(10,11)9-6-4-8(12-2)5-7-9/h3-7H,1H2,2H3. The van der Waals surface area contributed by atoms with Crippen LogP contribution in [0.15, 0.2) is 41.1 Å². The second kappa shape index (κ2) is 3.62. The third-order valence-electron chi connectivity index (χ3n) is 1.61. The summed E-state index contributed by atoms with van der Waals surface area (Å²) in [5.41, 5.74) is 0. The number of sulfone groups is 1. The van der Waals surface area contributed by atoms with E-state index >= 15 is 0 Å². The maximum Gasteiger partial charge on any atom is 0.199 e. The molecule has 0 aliphatic rings. The maximum absolute atomic E-state index is 11.2. The summed E-state index contributed by atoms with van der Waals surface area (Å²) in [5, 5.41) is 0.925. The predicted molar refractivity (Wildman–Crippen MR) is 50.4 cm³/mol. The van der Waals surface area contributed by atoms with Gasteiger partial charge < -0.3 is 4.74 Å². The molecule has 0 fully saturated rings. The third-order valence-corrected chi connectivity index (χ3v) is 2.98. The fourth-order valence-corrected chi connectivity index (χ4v) is 1.57. The largest absolute Gasteiger partial charge is 0.497 e. The Hall–Kier alpha value is -1.29. The van der Waals surface area contributed by atoms with Crippen molar-refractivity contribution in [1.82, 2.24) is 0 Å². The normalized spacial score (nSPS) is 10.8. The first-order valence-electron chi connectivity index (χ1n) is 3.62. The number of rotatable bonds is 3. The molecule has 0 aliphatic carbocycles. The molecular formula is C9H10O3S. The van der Waals surface area contributed by atoms with E-state index in [9.17, 15) is 8.42 Å². The van der Waals surface area contributed by atoms with E-state index in [0.29, 0.717) is 5.75 Å². The number of methoxy groups -OCH3 is 1. The van der Waals surface area contributed by atoms with Gasteiger partial charge in [0.1, 0.15) is 5.75 Å². The molecule has 1 aromatic rings. The molecule has 4 heteroatoms. The molecule has 0 N–H and O–H groups in total. The molecule has 13 heavy (non-hydrogen) atoms. The van der Waals surface area contributed by atoms with Crippen molar-refractivity contribution in [2.24, 2.45) is 0 Å². The zero-order valence-electron chi connectivity index (χ0n) is 7.23. The van der Waals surface area contributed by atoms with Gasteiger partial charge in [-0.1, -0.05) is 6.58 Å². The molecule has 0 heterocycles. The fraction of sp³-hybridized carbons (Fsp3) is 0.111. The molecule has 0 amide bonds. The minimum atomic E-state index is -3.31. The van der Waals surface area contributed by atoms with Crippen molar-refractivity contribution >= 4 is 9.84 Å². The topological polar surface area (TPSA) is 43.4 Å². The van der Waals surface area contributed by atoms with E-state index in [2.05, 4.69) is 6.58 Å². The molecule has 0 atom stereocenters. The molecule has 0 unspecified atom stereocenters. The molecule has 0 aliphatic heterocycles. The van der Waals surface area contributed by atoms with Crippen LogP contribution in [0.25, 0.3) is 0 Å². The minimum Gasteiger partial charge on any atom is -0.497 e. The zero-order valence-corrected chi connectivity index (χ0v) is 8.04. The highest BCUT2D eigenvalue weighted by atomic mass is 32.2. The summed E-state index contributed by atoms with van der Waals surface area (Å²) in [6, 6.07) is 6.15. The van der Waals surface area contributed by atoms with Crippen LogP contribution >= 0.6 is 0 Å². The Balaban J connectivity index is 3.13. The lowest BCUT2D eigenvalue weighted by atomic mass is 10.3. The van der Waals surface area contributed by atoms with Crippen LogP contribution < -0.4 is 4.74 Å². The van der Waals surface area contributed by atoms with Gasteiger partial charge in [0, 0.05) is 5.41 Å². The Bertz CT molecular complexity index is 389.